The fourth-order valence-electron chi connectivity index (χ4n) is 2.88. The van der Waals surface area contributed by atoms with Crippen molar-refractivity contribution in [2.45, 2.75) is 44.6 Å². The molecular weight excluding hydrogens is 377 g/mol. The first-order valence-electron chi connectivity index (χ1n) is 8.54. The number of alkyl halides is 1. The lowest BCUT2D eigenvalue weighted by atomic mass is 10.1. The number of nitrogens with zero attached hydrogens (tertiary/aromatic N) is 4. The molecular formula is C16H20FN5O6. The predicted molar refractivity (Wildman–Crippen MR) is 91.6 cm³/mol. The summed E-state index contributed by atoms with van der Waals surface area (Å²) in [5.41, 5.74) is 6.22. The number of carbonyl (C=O) groups is 2. The van der Waals surface area contributed by atoms with Crippen LogP contribution in [0.4, 0.5) is 10.2 Å². The third-order valence-corrected chi connectivity index (χ3v) is 4.25. The Kier molecular flexibility index (Phi) is 5.82. The van der Waals surface area contributed by atoms with Gasteiger partial charge >= 0.3 is 5.97 Å². The van der Waals surface area contributed by atoms with Crippen LogP contribution in [-0.2, 0) is 23.8 Å². The number of esters is 1. The summed E-state index contributed by atoms with van der Waals surface area (Å²) in [5.74, 6) is -1.31. The van der Waals surface area contributed by atoms with Gasteiger partial charge in [-0.25, -0.2) is 24.1 Å². The van der Waals surface area contributed by atoms with Crippen molar-refractivity contribution in [3.05, 3.63) is 12.7 Å². The topological polar surface area (TPSA) is 152 Å². The van der Waals surface area contributed by atoms with Gasteiger partial charge in [0.25, 0.3) is 0 Å². The molecule has 1 aliphatic rings. The molecule has 0 aromatic carbocycles. The second kappa shape index (κ2) is 8.12. The second-order valence-corrected chi connectivity index (χ2v) is 6.16. The van der Waals surface area contributed by atoms with Crippen LogP contribution in [0.3, 0.4) is 0 Å². The van der Waals surface area contributed by atoms with E-state index in [1.54, 1.807) is 6.92 Å². The number of fused-ring (bicyclic) bond motifs is 1. The van der Waals surface area contributed by atoms with E-state index in [4.69, 9.17) is 19.9 Å². The molecule has 0 amide bonds. The molecule has 1 saturated heterocycles. The Labute approximate surface area is 158 Å². The molecule has 1 unspecified atom stereocenters. The van der Waals surface area contributed by atoms with Crippen LogP contribution in [0.5, 0.6) is 0 Å². The third-order valence-electron chi connectivity index (χ3n) is 4.25. The van der Waals surface area contributed by atoms with Crippen molar-refractivity contribution in [2.24, 2.45) is 0 Å². The van der Waals surface area contributed by atoms with E-state index < -0.39 is 49.1 Å². The van der Waals surface area contributed by atoms with E-state index in [-0.39, 0.29) is 23.6 Å². The van der Waals surface area contributed by atoms with Gasteiger partial charge in [0.15, 0.2) is 29.6 Å². The normalized spacial score (nSPS) is 25.7. The Balaban J connectivity index is 1.74. The molecule has 12 heteroatoms. The molecule has 11 nitrogen and oxygen atoms in total. The highest BCUT2D eigenvalue weighted by Gasteiger charge is 2.46. The van der Waals surface area contributed by atoms with E-state index in [2.05, 4.69) is 15.0 Å². The Morgan fingerprint density at radius 1 is 1.43 bits per heavy atom. The quantitative estimate of drug-likeness (QED) is 0.464. The van der Waals surface area contributed by atoms with Crippen LogP contribution in [0.2, 0.25) is 0 Å². The number of halogens is 1. The summed E-state index contributed by atoms with van der Waals surface area (Å²) in [6.07, 6.45) is -4.77. The number of nitrogens with two attached hydrogens (primary N) is 1. The lowest BCUT2D eigenvalue weighted by molar-refractivity contribution is -0.164. The third kappa shape index (κ3) is 3.66. The molecule has 2 aromatic heterocycles. The van der Waals surface area contributed by atoms with E-state index in [1.807, 2.05) is 0 Å². The molecule has 3 heterocycles. The number of Topliss-reactive ketones (excluding diaryl/α,β-unsaturated/α-hetero) is 1. The van der Waals surface area contributed by atoms with Crippen molar-refractivity contribution >= 4 is 28.7 Å². The highest BCUT2D eigenvalue weighted by Crippen LogP contribution is 2.34. The van der Waals surface area contributed by atoms with E-state index >= 15 is 0 Å². The van der Waals surface area contributed by atoms with Gasteiger partial charge in [0.2, 0.25) is 6.10 Å². The second-order valence-electron chi connectivity index (χ2n) is 6.16. The van der Waals surface area contributed by atoms with Gasteiger partial charge in [0.1, 0.15) is 24.1 Å². The Morgan fingerprint density at radius 3 is 2.86 bits per heavy atom. The van der Waals surface area contributed by atoms with E-state index in [0.29, 0.717) is 0 Å². The number of hydrogen-bond acceptors (Lipinski definition) is 10. The minimum atomic E-state index is -1.83. The fraction of sp³-hybridized carbons (Fsp3) is 0.562. The lowest BCUT2D eigenvalue weighted by Gasteiger charge is -2.18. The maximum absolute atomic E-state index is 14.7. The fourth-order valence-corrected chi connectivity index (χ4v) is 2.88. The van der Waals surface area contributed by atoms with Crippen LogP contribution in [0.15, 0.2) is 12.7 Å². The van der Waals surface area contributed by atoms with Crippen LogP contribution < -0.4 is 5.73 Å². The minimum absolute atomic E-state index is 0.0713. The minimum Gasteiger partial charge on any atom is -0.464 e. The van der Waals surface area contributed by atoms with Crippen molar-refractivity contribution in [2.75, 3.05) is 18.9 Å². The summed E-state index contributed by atoms with van der Waals surface area (Å²) in [6.45, 7) is 2.42. The summed E-state index contributed by atoms with van der Waals surface area (Å²) < 4.78 is 31.5. The van der Waals surface area contributed by atoms with Gasteiger partial charge in [-0.15, -0.1) is 0 Å². The first kappa shape index (κ1) is 20.0. The highest BCUT2D eigenvalue weighted by molar-refractivity contribution is 6.00. The van der Waals surface area contributed by atoms with Crippen molar-refractivity contribution in [1.82, 2.24) is 19.5 Å². The van der Waals surface area contributed by atoms with Crippen molar-refractivity contribution in [3.8, 4) is 0 Å². The van der Waals surface area contributed by atoms with Gasteiger partial charge in [0.05, 0.1) is 19.5 Å². The summed E-state index contributed by atoms with van der Waals surface area (Å²) >= 11 is 0. The summed E-state index contributed by atoms with van der Waals surface area (Å²) in [6, 6.07) is 0. The van der Waals surface area contributed by atoms with Crippen LogP contribution in [-0.4, -0.2) is 74.1 Å². The van der Waals surface area contributed by atoms with E-state index in [1.165, 1.54) is 17.2 Å². The highest BCUT2D eigenvalue weighted by atomic mass is 19.1. The largest absolute Gasteiger partial charge is 0.464 e. The number of hydrogen-bond donors (Lipinski definition) is 2. The maximum atomic E-state index is 14.7. The van der Waals surface area contributed by atoms with Gasteiger partial charge in [0, 0.05) is 0 Å². The monoisotopic (exact) mass is 397 g/mol. The SMILES string of the molecule is CCOC(=O)C(OC[C@H]1O[C@@H](n2cnc3c(N)ncnc32)[C@H](F)[C@@H]1O)C(C)=O. The molecule has 1 fully saturated rings. The molecule has 0 spiro atoms. The molecule has 2 aromatic rings. The van der Waals surface area contributed by atoms with Gasteiger partial charge in [-0.1, -0.05) is 0 Å². The summed E-state index contributed by atoms with van der Waals surface area (Å²) in [5, 5.41) is 10.2. The number of ether oxygens (including phenoxy) is 3. The number of ketones is 1. The van der Waals surface area contributed by atoms with Crippen LogP contribution >= 0.6 is 0 Å². The molecule has 28 heavy (non-hydrogen) atoms. The van der Waals surface area contributed by atoms with Crippen LogP contribution in [0.25, 0.3) is 11.2 Å². The molecule has 3 N–H and O–H groups in total. The molecule has 0 saturated carbocycles. The summed E-state index contributed by atoms with van der Waals surface area (Å²) in [4.78, 5) is 35.2. The van der Waals surface area contributed by atoms with Crippen molar-refractivity contribution in [1.29, 1.82) is 0 Å². The number of imidazole rings is 1. The van der Waals surface area contributed by atoms with Crippen LogP contribution in [0, 0.1) is 0 Å². The van der Waals surface area contributed by atoms with Crippen molar-refractivity contribution in [3.63, 3.8) is 0 Å². The predicted octanol–water partition coefficient (Wildman–Crippen LogP) is -0.458. The van der Waals surface area contributed by atoms with Crippen molar-refractivity contribution < 1.29 is 33.3 Å². The number of aliphatic hydroxyl groups is 1. The molecule has 1 aliphatic heterocycles. The van der Waals surface area contributed by atoms with Gasteiger partial charge in [-0.3, -0.25) is 9.36 Å². The maximum Gasteiger partial charge on any atom is 0.343 e. The van der Waals surface area contributed by atoms with Gasteiger partial charge in [-0.2, -0.15) is 0 Å². The Morgan fingerprint density at radius 2 is 2.18 bits per heavy atom. The van der Waals surface area contributed by atoms with Crippen LogP contribution in [0.1, 0.15) is 20.1 Å². The summed E-state index contributed by atoms with van der Waals surface area (Å²) in [7, 11) is 0. The Hall–Kier alpha value is -2.70. The number of rotatable bonds is 7. The first-order chi connectivity index (χ1) is 13.3. The molecule has 0 aliphatic carbocycles. The number of aromatic nitrogens is 4. The number of aliphatic hydroxyl groups excluding tert-OH is 1. The van der Waals surface area contributed by atoms with E-state index in [9.17, 15) is 19.1 Å². The van der Waals surface area contributed by atoms with E-state index in [0.717, 1.165) is 6.92 Å². The molecule has 5 atom stereocenters. The molecule has 0 bridgehead atoms. The zero-order valence-electron chi connectivity index (χ0n) is 15.2. The Bertz CT molecular complexity index is 876. The number of anilines is 1. The smallest absolute Gasteiger partial charge is 0.343 e. The molecule has 0 radical (unpaired) electrons. The average molecular weight is 397 g/mol. The molecule has 3 rings (SSSR count). The standard InChI is InChI=1S/C16H20FN5O6/c1-3-26-16(25)12(7(2)23)27-4-8-11(24)9(17)15(28-8)22-6-21-10-13(18)19-5-20-14(10)22/h5-6,8-9,11-12,15,24H,3-4H2,1-2H3,(H2,18,19,20)/t8-,9-,11-,12?,15-/m1/s1. The molecule has 152 valence electrons. The average Bonchev–Trinajstić information content (AvgIpc) is 3.19. The zero-order chi connectivity index (χ0) is 20.4. The first-order valence-corrected chi connectivity index (χ1v) is 8.54. The number of nitrogen functional groups attached to an aromatic ring is 1. The zero-order valence-corrected chi connectivity index (χ0v) is 15.2. The van der Waals surface area contributed by atoms with Gasteiger partial charge in [-0.05, 0) is 13.8 Å². The van der Waals surface area contributed by atoms with Gasteiger partial charge < -0.3 is 25.1 Å². The number of carbonyl (C=O) groups excluding carboxylic acids is 2. The lowest BCUT2D eigenvalue weighted by Crippen LogP contribution is -2.38.